The molecular formula is C13H17F3N2O3. The summed E-state index contributed by atoms with van der Waals surface area (Å²) in [7, 11) is 0. The van der Waals surface area contributed by atoms with Crippen LogP contribution in [0.5, 0.6) is 5.75 Å². The van der Waals surface area contributed by atoms with E-state index in [1.165, 1.54) is 18.2 Å². The standard InChI is InChI=1S/C13H17F3N2O3/c1-12(2,3)17-7-9-4-5-11(10(6-9)18(19)20)21-8-13(14,15)16/h4-6,17H,7-8H2,1-3H3. The Bertz CT molecular complexity index is 510. The first-order chi connectivity index (χ1) is 9.48. The lowest BCUT2D eigenvalue weighted by atomic mass is 10.1. The van der Waals surface area contributed by atoms with Crippen LogP contribution in [-0.2, 0) is 6.54 Å². The van der Waals surface area contributed by atoms with Crippen molar-refractivity contribution in [3.8, 4) is 5.75 Å². The van der Waals surface area contributed by atoms with E-state index in [1.54, 1.807) is 0 Å². The van der Waals surface area contributed by atoms with Gasteiger partial charge in [0.05, 0.1) is 4.92 Å². The molecule has 1 aromatic carbocycles. The lowest BCUT2D eigenvalue weighted by molar-refractivity contribution is -0.386. The van der Waals surface area contributed by atoms with Crippen molar-refractivity contribution in [2.24, 2.45) is 0 Å². The highest BCUT2D eigenvalue weighted by atomic mass is 19.4. The molecule has 0 aliphatic carbocycles. The molecule has 0 bridgehead atoms. The molecule has 1 N–H and O–H groups in total. The summed E-state index contributed by atoms with van der Waals surface area (Å²) >= 11 is 0. The van der Waals surface area contributed by atoms with E-state index in [-0.39, 0.29) is 5.54 Å². The number of rotatable bonds is 5. The van der Waals surface area contributed by atoms with E-state index in [4.69, 9.17) is 0 Å². The fraction of sp³-hybridized carbons (Fsp3) is 0.538. The predicted octanol–water partition coefficient (Wildman–Crippen LogP) is 3.42. The van der Waals surface area contributed by atoms with Crippen LogP contribution in [0.3, 0.4) is 0 Å². The van der Waals surface area contributed by atoms with Crippen LogP contribution in [0.4, 0.5) is 18.9 Å². The van der Waals surface area contributed by atoms with Gasteiger partial charge in [-0.25, -0.2) is 0 Å². The van der Waals surface area contributed by atoms with Gasteiger partial charge in [0, 0.05) is 18.2 Å². The van der Waals surface area contributed by atoms with Crippen molar-refractivity contribution >= 4 is 5.69 Å². The third-order valence-corrected chi connectivity index (χ3v) is 2.43. The number of ether oxygens (including phenoxy) is 1. The molecule has 5 nitrogen and oxygen atoms in total. The molecule has 0 aliphatic rings. The number of nitro groups is 1. The molecule has 1 rings (SSSR count). The smallest absolute Gasteiger partial charge is 0.422 e. The van der Waals surface area contributed by atoms with E-state index in [0.717, 1.165) is 0 Å². The van der Waals surface area contributed by atoms with Crippen molar-refractivity contribution in [3.05, 3.63) is 33.9 Å². The minimum atomic E-state index is -4.54. The predicted molar refractivity (Wildman–Crippen MR) is 71.2 cm³/mol. The summed E-state index contributed by atoms with van der Waals surface area (Å²) < 4.78 is 40.8. The number of nitrogens with one attached hydrogen (secondary N) is 1. The van der Waals surface area contributed by atoms with Crippen molar-refractivity contribution < 1.29 is 22.8 Å². The zero-order valence-electron chi connectivity index (χ0n) is 12.0. The lowest BCUT2D eigenvalue weighted by Gasteiger charge is -2.20. The van der Waals surface area contributed by atoms with Gasteiger partial charge in [-0.3, -0.25) is 10.1 Å². The van der Waals surface area contributed by atoms with Crippen molar-refractivity contribution in [1.82, 2.24) is 5.32 Å². The molecule has 0 heterocycles. The molecule has 1 aromatic rings. The highest BCUT2D eigenvalue weighted by molar-refractivity contribution is 5.48. The van der Waals surface area contributed by atoms with Crippen LogP contribution in [0.25, 0.3) is 0 Å². The van der Waals surface area contributed by atoms with Crippen LogP contribution in [0, 0.1) is 10.1 Å². The summed E-state index contributed by atoms with van der Waals surface area (Å²) in [5, 5.41) is 14.1. The maximum atomic E-state index is 12.1. The van der Waals surface area contributed by atoms with Crippen molar-refractivity contribution in [2.75, 3.05) is 6.61 Å². The summed E-state index contributed by atoms with van der Waals surface area (Å²) in [6, 6.07) is 3.89. The second kappa shape index (κ2) is 6.30. The third-order valence-electron chi connectivity index (χ3n) is 2.43. The average molecular weight is 306 g/mol. The molecule has 8 heteroatoms. The second-order valence-corrected chi connectivity index (χ2v) is 5.57. The number of nitrogens with zero attached hydrogens (tertiary/aromatic N) is 1. The van der Waals surface area contributed by atoms with Gasteiger partial charge < -0.3 is 10.1 Å². The molecule has 0 saturated heterocycles. The summed E-state index contributed by atoms with van der Waals surface area (Å²) in [5.41, 5.74) is -0.0660. The lowest BCUT2D eigenvalue weighted by Crippen LogP contribution is -2.35. The molecule has 0 unspecified atom stereocenters. The number of benzene rings is 1. The summed E-state index contributed by atoms with van der Waals surface area (Å²) in [6.07, 6.45) is -4.54. The van der Waals surface area contributed by atoms with Gasteiger partial charge >= 0.3 is 11.9 Å². The van der Waals surface area contributed by atoms with Gasteiger partial charge in [0.15, 0.2) is 12.4 Å². The van der Waals surface area contributed by atoms with Gasteiger partial charge in [0.2, 0.25) is 0 Å². The van der Waals surface area contributed by atoms with Crippen LogP contribution < -0.4 is 10.1 Å². The maximum absolute atomic E-state index is 12.1. The SMILES string of the molecule is CC(C)(C)NCc1ccc(OCC(F)(F)F)c([N+](=O)[O-])c1. The minimum absolute atomic E-state index is 0.180. The summed E-state index contributed by atoms with van der Waals surface area (Å²) in [6.45, 7) is 4.60. The quantitative estimate of drug-likeness (QED) is 0.668. The fourth-order valence-electron chi connectivity index (χ4n) is 1.46. The highest BCUT2D eigenvalue weighted by Crippen LogP contribution is 2.29. The monoisotopic (exact) mass is 306 g/mol. The summed E-state index contributed by atoms with van der Waals surface area (Å²) in [5.74, 6) is -0.392. The van der Waals surface area contributed by atoms with E-state index < -0.39 is 29.1 Å². The van der Waals surface area contributed by atoms with E-state index in [1.807, 2.05) is 20.8 Å². The van der Waals surface area contributed by atoms with Crippen LogP contribution in [0.15, 0.2) is 18.2 Å². The molecule has 0 saturated carbocycles. The average Bonchev–Trinajstić information content (AvgIpc) is 2.32. The molecule has 0 fully saturated rings. The van der Waals surface area contributed by atoms with E-state index in [9.17, 15) is 23.3 Å². The van der Waals surface area contributed by atoms with Gasteiger partial charge in [-0.1, -0.05) is 6.07 Å². The molecule has 118 valence electrons. The van der Waals surface area contributed by atoms with E-state index >= 15 is 0 Å². The Morgan fingerprint density at radius 2 is 1.90 bits per heavy atom. The molecule has 0 atom stereocenters. The number of nitro benzene ring substituents is 1. The first-order valence-electron chi connectivity index (χ1n) is 6.20. The van der Waals surface area contributed by atoms with Gasteiger partial charge in [-0.15, -0.1) is 0 Å². The zero-order valence-corrected chi connectivity index (χ0v) is 12.0. The normalized spacial score (nSPS) is 12.3. The van der Waals surface area contributed by atoms with Crippen LogP contribution in [0.2, 0.25) is 0 Å². The topological polar surface area (TPSA) is 64.4 Å². The zero-order chi connectivity index (χ0) is 16.3. The molecule has 21 heavy (non-hydrogen) atoms. The van der Waals surface area contributed by atoms with Crippen LogP contribution in [0.1, 0.15) is 26.3 Å². The first kappa shape index (κ1) is 17.2. The number of hydrogen-bond donors (Lipinski definition) is 1. The molecular weight excluding hydrogens is 289 g/mol. The van der Waals surface area contributed by atoms with Gasteiger partial charge in [-0.2, -0.15) is 13.2 Å². The first-order valence-corrected chi connectivity index (χ1v) is 6.20. The Morgan fingerprint density at radius 3 is 2.38 bits per heavy atom. The Kier molecular flexibility index (Phi) is 5.16. The molecule has 0 aliphatic heterocycles. The van der Waals surface area contributed by atoms with Gasteiger partial charge in [0.1, 0.15) is 0 Å². The van der Waals surface area contributed by atoms with Gasteiger partial charge in [0.25, 0.3) is 0 Å². The Balaban J connectivity index is 2.89. The number of halogens is 3. The molecule has 0 radical (unpaired) electrons. The van der Waals surface area contributed by atoms with Crippen molar-refractivity contribution in [2.45, 2.75) is 39.0 Å². The van der Waals surface area contributed by atoms with Crippen molar-refractivity contribution in [3.63, 3.8) is 0 Å². The van der Waals surface area contributed by atoms with Gasteiger partial charge in [-0.05, 0) is 32.4 Å². The minimum Gasteiger partial charge on any atom is -0.477 e. The van der Waals surface area contributed by atoms with E-state index in [2.05, 4.69) is 10.1 Å². The largest absolute Gasteiger partial charge is 0.477 e. The molecule has 0 aromatic heterocycles. The maximum Gasteiger partial charge on any atom is 0.422 e. The Morgan fingerprint density at radius 1 is 1.29 bits per heavy atom. The molecule has 0 amide bonds. The second-order valence-electron chi connectivity index (χ2n) is 5.57. The van der Waals surface area contributed by atoms with E-state index in [0.29, 0.717) is 12.1 Å². The fourth-order valence-corrected chi connectivity index (χ4v) is 1.46. The van der Waals surface area contributed by atoms with Crippen LogP contribution >= 0.6 is 0 Å². The number of alkyl halides is 3. The number of hydrogen-bond acceptors (Lipinski definition) is 4. The molecule has 0 spiro atoms. The van der Waals surface area contributed by atoms with Crippen LogP contribution in [-0.4, -0.2) is 23.2 Å². The van der Waals surface area contributed by atoms with Crippen molar-refractivity contribution in [1.29, 1.82) is 0 Å². The third kappa shape index (κ3) is 6.44. The summed E-state index contributed by atoms with van der Waals surface area (Å²) in [4.78, 5) is 10.2. The highest BCUT2D eigenvalue weighted by Gasteiger charge is 2.30. The Hall–Kier alpha value is -1.83. The Labute approximate surface area is 120 Å².